The first-order valence-corrected chi connectivity index (χ1v) is 4.56. The Balaban J connectivity index is 2.30. The minimum atomic E-state index is 0.527. The number of aryl methyl sites for hydroxylation is 1. The summed E-state index contributed by atoms with van der Waals surface area (Å²) in [6, 6.07) is 0. The maximum atomic E-state index is 5.25. The quantitative estimate of drug-likeness (QED) is 0.710. The van der Waals surface area contributed by atoms with Crippen LogP contribution < -0.4 is 10.6 Å². The molecule has 4 nitrogen and oxygen atoms in total. The fourth-order valence-corrected chi connectivity index (χ4v) is 1.08. The molecule has 1 aromatic heterocycles. The van der Waals surface area contributed by atoms with Gasteiger partial charge in [0, 0.05) is 6.54 Å². The van der Waals surface area contributed by atoms with E-state index in [-0.39, 0.29) is 0 Å². The van der Waals surface area contributed by atoms with Crippen molar-refractivity contribution in [3.8, 4) is 0 Å². The molecule has 72 valence electrons. The van der Waals surface area contributed by atoms with Crippen LogP contribution in [0.1, 0.15) is 18.6 Å². The van der Waals surface area contributed by atoms with Crippen molar-refractivity contribution in [1.82, 2.24) is 15.6 Å². The first kappa shape index (κ1) is 9.98. The number of aromatic nitrogens is 1. The van der Waals surface area contributed by atoms with Crippen LogP contribution in [-0.2, 0) is 6.54 Å². The highest BCUT2D eigenvalue weighted by atomic mass is 32.1. The Bertz CT molecular complexity index is 285. The molecule has 0 saturated heterocycles. The summed E-state index contributed by atoms with van der Waals surface area (Å²) in [4.78, 5) is 4.03. The van der Waals surface area contributed by atoms with Gasteiger partial charge >= 0.3 is 0 Å². The summed E-state index contributed by atoms with van der Waals surface area (Å²) >= 11 is 4.97. The van der Waals surface area contributed by atoms with E-state index >= 15 is 0 Å². The average Bonchev–Trinajstić information content (AvgIpc) is 2.49. The summed E-state index contributed by atoms with van der Waals surface area (Å²) in [6.07, 6.45) is 1.69. The summed E-state index contributed by atoms with van der Waals surface area (Å²) in [5.41, 5.74) is 0. The fraction of sp³-hybridized carbons (Fsp3) is 0.500. The zero-order chi connectivity index (χ0) is 9.68. The first-order valence-electron chi connectivity index (χ1n) is 4.15. The molecule has 1 rings (SSSR count). The van der Waals surface area contributed by atoms with Crippen molar-refractivity contribution in [2.24, 2.45) is 0 Å². The molecular weight excluding hydrogens is 186 g/mol. The zero-order valence-corrected chi connectivity index (χ0v) is 8.57. The lowest BCUT2D eigenvalue weighted by Crippen LogP contribution is -2.34. The predicted molar refractivity (Wildman–Crippen MR) is 54.4 cm³/mol. The Morgan fingerprint density at radius 1 is 1.62 bits per heavy atom. The van der Waals surface area contributed by atoms with Crippen molar-refractivity contribution in [1.29, 1.82) is 0 Å². The molecule has 0 radical (unpaired) electrons. The molecule has 1 aromatic rings. The third-order valence-corrected chi connectivity index (χ3v) is 1.70. The lowest BCUT2D eigenvalue weighted by atomic mass is 10.6. The third-order valence-electron chi connectivity index (χ3n) is 1.41. The van der Waals surface area contributed by atoms with Crippen LogP contribution in [0, 0.1) is 6.92 Å². The number of rotatable bonds is 3. The molecule has 1 heterocycles. The van der Waals surface area contributed by atoms with Gasteiger partial charge in [0.15, 0.2) is 5.11 Å². The van der Waals surface area contributed by atoms with Crippen molar-refractivity contribution in [3.05, 3.63) is 17.8 Å². The van der Waals surface area contributed by atoms with Gasteiger partial charge in [-0.3, -0.25) is 0 Å². The van der Waals surface area contributed by atoms with Gasteiger partial charge in [0.25, 0.3) is 0 Å². The summed E-state index contributed by atoms with van der Waals surface area (Å²) in [5, 5.41) is 6.57. The Morgan fingerprint density at radius 3 is 2.92 bits per heavy atom. The molecule has 0 aliphatic carbocycles. The molecule has 13 heavy (non-hydrogen) atoms. The van der Waals surface area contributed by atoms with Crippen molar-refractivity contribution in [2.45, 2.75) is 20.4 Å². The second-order valence-electron chi connectivity index (χ2n) is 2.58. The lowest BCUT2D eigenvalue weighted by molar-refractivity contribution is 0.465. The Morgan fingerprint density at radius 2 is 2.38 bits per heavy atom. The lowest BCUT2D eigenvalue weighted by Gasteiger charge is -2.05. The molecule has 0 unspecified atom stereocenters. The normalized spacial score (nSPS) is 9.69. The van der Waals surface area contributed by atoms with E-state index < -0.39 is 0 Å². The molecule has 0 saturated carbocycles. The van der Waals surface area contributed by atoms with Gasteiger partial charge in [-0.05, 0) is 26.1 Å². The van der Waals surface area contributed by atoms with Crippen molar-refractivity contribution < 1.29 is 4.42 Å². The van der Waals surface area contributed by atoms with E-state index in [1.165, 1.54) is 0 Å². The van der Waals surface area contributed by atoms with E-state index in [9.17, 15) is 0 Å². The zero-order valence-electron chi connectivity index (χ0n) is 7.76. The highest BCUT2D eigenvalue weighted by Gasteiger charge is 2.00. The predicted octanol–water partition coefficient (Wildman–Crippen LogP) is 0.967. The second-order valence-corrected chi connectivity index (χ2v) is 2.99. The van der Waals surface area contributed by atoms with Gasteiger partial charge < -0.3 is 15.1 Å². The van der Waals surface area contributed by atoms with Crippen LogP contribution in [0.15, 0.2) is 10.6 Å². The van der Waals surface area contributed by atoms with Crippen LogP contribution in [0.5, 0.6) is 0 Å². The van der Waals surface area contributed by atoms with Gasteiger partial charge in [0.05, 0.1) is 12.7 Å². The highest BCUT2D eigenvalue weighted by Crippen LogP contribution is 2.00. The van der Waals surface area contributed by atoms with Crippen LogP contribution >= 0.6 is 12.2 Å². The molecule has 0 atom stereocenters. The molecule has 0 fully saturated rings. The molecule has 0 aliphatic heterocycles. The molecule has 0 aromatic carbocycles. The maximum absolute atomic E-state index is 5.25. The Hall–Kier alpha value is -1.10. The largest absolute Gasteiger partial charge is 0.444 e. The van der Waals surface area contributed by atoms with E-state index in [1.807, 2.05) is 13.8 Å². The van der Waals surface area contributed by atoms with Crippen molar-refractivity contribution in [2.75, 3.05) is 6.54 Å². The molecule has 2 N–H and O–H groups in total. The third kappa shape index (κ3) is 3.42. The number of nitrogens with one attached hydrogen (secondary N) is 2. The standard InChI is InChI=1S/C8H13N3OS/c1-3-9-8(13)11-5-7-10-4-6(2)12-7/h4H,3,5H2,1-2H3,(H2,9,11,13). The van der Waals surface area contributed by atoms with Crippen LogP contribution in [0.2, 0.25) is 0 Å². The molecular formula is C8H13N3OS. The van der Waals surface area contributed by atoms with Gasteiger partial charge in [-0.15, -0.1) is 0 Å². The minimum Gasteiger partial charge on any atom is -0.444 e. The van der Waals surface area contributed by atoms with Gasteiger partial charge in [0.1, 0.15) is 5.76 Å². The molecule has 0 bridgehead atoms. The summed E-state index contributed by atoms with van der Waals surface area (Å²) in [6.45, 7) is 5.19. The topological polar surface area (TPSA) is 50.1 Å². The summed E-state index contributed by atoms with van der Waals surface area (Å²) in [7, 11) is 0. The first-order chi connectivity index (χ1) is 6.22. The van der Waals surface area contributed by atoms with Crippen LogP contribution in [0.4, 0.5) is 0 Å². The number of hydrogen-bond acceptors (Lipinski definition) is 3. The fourth-order valence-electron chi connectivity index (χ4n) is 0.862. The number of thiocarbonyl (C=S) groups is 1. The SMILES string of the molecule is CCNC(=S)NCc1ncc(C)o1. The number of nitrogens with zero attached hydrogens (tertiary/aromatic N) is 1. The summed E-state index contributed by atoms with van der Waals surface area (Å²) < 4.78 is 5.25. The van der Waals surface area contributed by atoms with Crippen LogP contribution in [0.3, 0.4) is 0 Å². The number of oxazole rings is 1. The highest BCUT2D eigenvalue weighted by molar-refractivity contribution is 7.80. The van der Waals surface area contributed by atoms with Gasteiger partial charge in [-0.1, -0.05) is 0 Å². The van der Waals surface area contributed by atoms with Gasteiger partial charge in [0.2, 0.25) is 5.89 Å². The number of hydrogen-bond donors (Lipinski definition) is 2. The van der Waals surface area contributed by atoms with Crippen LogP contribution in [-0.4, -0.2) is 16.6 Å². The van der Waals surface area contributed by atoms with Gasteiger partial charge in [-0.2, -0.15) is 0 Å². The molecule has 0 aliphatic rings. The average molecular weight is 199 g/mol. The van der Waals surface area contributed by atoms with E-state index in [4.69, 9.17) is 16.6 Å². The van der Waals surface area contributed by atoms with E-state index in [2.05, 4.69) is 15.6 Å². The minimum absolute atomic E-state index is 0.527. The summed E-state index contributed by atoms with van der Waals surface area (Å²) in [5.74, 6) is 1.46. The van der Waals surface area contributed by atoms with Crippen molar-refractivity contribution >= 4 is 17.3 Å². The Labute approximate surface area is 82.7 Å². The monoisotopic (exact) mass is 199 g/mol. The smallest absolute Gasteiger partial charge is 0.213 e. The van der Waals surface area contributed by atoms with Crippen LogP contribution in [0.25, 0.3) is 0 Å². The van der Waals surface area contributed by atoms with E-state index in [0.29, 0.717) is 17.5 Å². The van der Waals surface area contributed by atoms with Crippen molar-refractivity contribution in [3.63, 3.8) is 0 Å². The van der Waals surface area contributed by atoms with E-state index in [0.717, 1.165) is 12.3 Å². The second kappa shape index (κ2) is 4.81. The molecule has 0 amide bonds. The van der Waals surface area contributed by atoms with E-state index in [1.54, 1.807) is 6.20 Å². The molecule has 5 heteroatoms. The maximum Gasteiger partial charge on any atom is 0.213 e. The van der Waals surface area contributed by atoms with Gasteiger partial charge in [-0.25, -0.2) is 4.98 Å². The Kier molecular flexibility index (Phi) is 3.70. The molecule has 0 spiro atoms.